The van der Waals surface area contributed by atoms with Crippen molar-refractivity contribution in [2.45, 2.75) is 13.5 Å². The summed E-state index contributed by atoms with van der Waals surface area (Å²) in [7, 11) is 0. The normalized spacial score (nSPS) is 9.89. The summed E-state index contributed by atoms with van der Waals surface area (Å²) in [4.78, 5) is 11.7. The van der Waals surface area contributed by atoms with Crippen LogP contribution in [0.1, 0.15) is 17.4 Å². The zero-order chi connectivity index (χ0) is 13.7. The molecule has 1 heterocycles. The molecule has 96 valence electrons. The number of carbonyl (C=O) groups is 1. The molecule has 0 spiro atoms. The van der Waals surface area contributed by atoms with Gasteiger partial charge < -0.3 is 4.74 Å². The summed E-state index contributed by atoms with van der Waals surface area (Å²) in [6.45, 7) is 2.39. The van der Waals surface area contributed by atoms with E-state index >= 15 is 0 Å². The molecule has 4 nitrogen and oxygen atoms in total. The first-order chi connectivity index (χ1) is 9.26. The van der Waals surface area contributed by atoms with Crippen molar-refractivity contribution in [3.8, 4) is 23.6 Å². The maximum atomic E-state index is 11.7. The molecule has 0 aliphatic carbocycles. The van der Waals surface area contributed by atoms with Gasteiger partial charge in [0.25, 0.3) is 0 Å². The van der Waals surface area contributed by atoms with E-state index in [1.54, 1.807) is 17.7 Å². The molecule has 1 aromatic heterocycles. The first-order valence-electron chi connectivity index (χ1n) is 6.00. The Hall–Kier alpha value is -2.54. The number of aromatic nitrogens is 2. The topological polar surface area (TPSA) is 44.1 Å². The minimum absolute atomic E-state index is 0.274. The van der Waals surface area contributed by atoms with Gasteiger partial charge in [-0.25, -0.2) is 4.79 Å². The molecule has 4 heteroatoms. The molecular formula is C15H14N2O2. The lowest BCUT2D eigenvalue weighted by Gasteiger charge is -2.02. The maximum absolute atomic E-state index is 11.7. The van der Waals surface area contributed by atoms with E-state index in [-0.39, 0.29) is 5.69 Å². The van der Waals surface area contributed by atoms with Crippen molar-refractivity contribution < 1.29 is 9.53 Å². The van der Waals surface area contributed by atoms with Crippen molar-refractivity contribution in [1.29, 1.82) is 0 Å². The summed E-state index contributed by atoms with van der Waals surface area (Å²) in [6, 6.07) is 11.4. The summed E-state index contributed by atoms with van der Waals surface area (Å²) in [5.41, 5.74) is 2.04. The van der Waals surface area contributed by atoms with Crippen LogP contribution in [-0.4, -0.2) is 22.4 Å². The van der Waals surface area contributed by atoms with Gasteiger partial charge in [-0.2, -0.15) is 5.10 Å². The largest absolute Gasteiger partial charge is 0.461 e. The number of hydrogen-bond acceptors (Lipinski definition) is 3. The van der Waals surface area contributed by atoms with Gasteiger partial charge in [0.15, 0.2) is 5.69 Å². The summed E-state index contributed by atoms with van der Waals surface area (Å²) >= 11 is 0. The third-order valence-corrected chi connectivity index (χ3v) is 2.58. The van der Waals surface area contributed by atoms with Crippen LogP contribution in [-0.2, 0) is 11.3 Å². The second kappa shape index (κ2) is 5.87. The van der Waals surface area contributed by atoms with Crippen LogP contribution < -0.4 is 0 Å². The van der Waals surface area contributed by atoms with Gasteiger partial charge in [-0.05, 0) is 18.6 Å². The fourth-order valence-electron chi connectivity index (χ4n) is 1.77. The minimum Gasteiger partial charge on any atom is -0.461 e. The fraction of sp³-hybridized carbons (Fsp3) is 0.200. The number of nitrogens with zero attached hydrogens (tertiary/aromatic N) is 2. The fourth-order valence-corrected chi connectivity index (χ4v) is 1.77. The molecular weight excluding hydrogens is 240 g/mol. The van der Waals surface area contributed by atoms with E-state index in [9.17, 15) is 4.79 Å². The monoisotopic (exact) mass is 254 g/mol. The summed E-state index contributed by atoms with van der Waals surface area (Å²) in [5.74, 6) is 2.09. The summed E-state index contributed by atoms with van der Waals surface area (Å²) in [6.07, 6.45) is 5.32. The number of benzene rings is 1. The molecule has 0 saturated carbocycles. The highest BCUT2D eigenvalue weighted by Crippen LogP contribution is 2.20. The molecule has 0 fully saturated rings. The molecule has 0 aliphatic heterocycles. The maximum Gasteiger partial charge on any atom is 0.358 e. The van der Waals surface area contributed by atoms with E-state index in [2.05, 4.69) is 11.0 Å². The first-order valence-corrected chi connectivity index (χ1v) is 6.00. The van der Waals surface area contributed by atoms with Crippen molar-refractivity contribution in [3.05, 3.63) is 42.1 Å². The SMILES string of the molecule is C#CCn1nc(C(=O)OCC)cc1-c1ccccc1. The quantitative estimate of drug-likeness (QED) is 0.621. The Kier molecular flexibility index (Phi) is 3.99. The van der Waals surface area contributed by atoms with Crippen LogP contribution in [0.4, 0.5) is 0 Å². The van der Waals surface area contributed by atoms with Crippen molar-refractivity contribution >= 4 is 5.97 Å². The third kappa shape index (κ3) is 2.83. The number of terminal acetylenes is 1. The van der Waals surface area contributed by atoms with Crippen molar-refractivity contribution in [3.63, 3.8) is 0 Å². The average molecular weight is 254 g/mol. The van der Waals surface area contributed by atoms with E-state index in [4.69, 9.17) is 11.2 Å². The molecule has 0 atom stereocenters. The number of carbonyl (C=O) groups excluding carboxylic acids is 1. The standard InChI is InChI=1S/C15H14N2O2/c1-3-10-17-14(12-8-6-5-7-9-12)11-13(16-17)15(18)19-4-2/h1,5-9,11H,4,10H2,2H3. The average Bonchev–Trinajstić information content (AvgIpc) is 2.85. The molecule has 0 radical (unpaired) electrons. The van der Waals surface area contributed by atoms with E-state index in [0.717, 1.165) is 11.3 Å². The second-order valence-electron chi connectivity index (χ2n) is 3.86. The van der Waals surface area contributed by atoms with Crippen LogP contribution in [0.2, 0.25) is 0 Å². The molecule has 19 heavy (non-hydrogen) atoms. The molecule has 0 unspecified atom stereocenters. The number of hydrogen-bond donors (Lipinski definition) is 0. The van der Waals surface area contributed by atoms with E-state index in [0.29, 0.717) is 13.2 Å². The van der Waals surface area contributed by atoms with E-state index in [1.807, 2.05) is 30.3 Å². The highest BCUT2D eigenvalue weighted by Gasteiger charge is 2.15. The second-order valence-corrected chi connectivity index (χ2v) is 3.86. The van der Waals surface area contributed by atoms with E-state index < -0.39 is 5.97 Å². The van der Waals surface area contributed by atoms with Crippen LogP contribution >= 0.6 is 0 Å². The lowest BCUT2D eigenvalue weighted by molar-refractivity contribution is 0.0518. The molecule has 0 amide bonds. The molecule has 2 aromatic rings. The Morgan fingerprint density at radius 2 is 2.16 bits per heavy atom. The van der Waals surface area contributed by atoms with Crippen molar-refractivity contribution in [1.82, 2.24) is 9.78 Å². The van der Waals surface area contributed by atoms with Crippen LogP contribution in [0.15, 0.2) is 36.4 Å². The lowest BCUT2D eigenvalue weighted by Crippen LogP contribution is -2.07. The van der Waals surface area contributed by atoms with Crippen LogP contribution in [0.3, 0.4) is 0 Å². The Morgan fingerprint density at radius 3 is 2.79 bits per heavy atom. The van der Waals surface area contributed by atoms with Crippen molar-refractivity contribution in [2.24, 2.45) is 0 Å². The Morgan fingerprint density at radius 1 is 1.42 bits per heavy atom. The highest BCUT2D eigenvalue weighted by atomic mass is 16.5. The van der Waals surface area contributed by atoms with Gasteiger partial charge in [0.2, 0.25) is 0 Å². The van der Waals surface area contributed by atoms with E-state index in [1.165, 1.54) is 0 Å². The van der Waals surface area contributed by atoms with Crippen LogP contribution in [0.25, 0.3) is 11.3 Å². The zero-order valence-corrected chi connectivity index (χ0v) is 10.7. The summed E-state index contributed by atoms with van der Waals surface area (Å²) in [5, 5.41) is 4.19. The molecule has 0 N–H and O–H groups in total. The highest BCUT2D eigenvalue weighted by molar-refractivity contribution is 5.88. The van der Waals surface area contributed by atoms with Gasteiger partial charge in [0.05, 0.1) is 12.3 Å². The number of rotatable bonds is 4. The molecule has 2 rings (SSSR count). The number of esters is 1. The zero-order valence-electron chi connectivity index (χ0n) is 10.7. The molecule has 0 aliphatic rings. The van der Waals surface area contributed by atoms with Gasteiger partial charge in [-0.3, -0.25) is 4.68 Å². The van der Waals surface area contributed by atoms with Gasteiger partial charge in [-0.15, -0.1) is 6.42 Å². The Labute approximate surface area is 112 Å². The first kappa shape index (κ1) is 12.9. The minimum atomic E-state index is -0.435. The summed E-state index contributed by atoms with van der Waals surface area (Å²) < 4.78 is 6.57. The number of ether oxygens (including phenoxy) is 1. The predicted molar refractivity (Wildman–Crippen MR) is 72.5 cm³/mol. The lowest BCUT2D eigenvalue weighted by atomic mass is 10.1. The smallest absolute Gasteiger partial charge is 0.358 e. The van der Waals surface area contributed by atoms with Crippen molar-refractivity contribution in [2.75, 3.05) is 6.61 Å². The van der Waals surface area contributed by atoms with Gasteiger partial charge >= 0.3 is 5.97 Å². The van der Waals surface area contributed by atoms with Gasteiger partial charge in [0.1, 0.15) is 6.54 Å². The van der Waals surface area contributed by atoms with Gasteiger partial charge in [-0.1, -0.05) is 36.3 Å². The third-order valence-electron chi connectivity index (χ3n) is 2.58. The Balaban J connectivity index is 2.42. The Bertz CT molecular complexity index is 609. The molecule has 1 aromatic carbocycles. The molecule has 0 bridgehead atoms. The van der Waals surface area contributed by atoms with Crippen LogP contribution in [0, 0.1) is 12.3 Å². The molecule has 0 saturated heterocycles. The van der Waals surface area contributed by atoms with Gasteiger partial charge in [0, 0.05) is 0 Å². The van der Waals surface area contributed by atoms with Crippen LogP contribution in [0.5, 0.6) is 0 Å². The predicted octanol–water partition coefficient (Wildman–Crippen LogP) is 2.36.